The maximum Gasteiger partial charge on any atom is 0.180 e. The standard InChI is InChI=1S/C14H20IN5/c1-6-16-13-10(15)11(14(2,3)4)18-12(19-13)9-7-8-17-20(9)5/h7-8H,6H2,1-5H3,(H,16,18,19). The van der Waals surface area contributed by atoms with Crippen molar-refractivity contribution in [2.45, 2.75) is 33.1 Å². The van der Waals surface area contributed by atoms with Gasteiger partial charge in [-0.15, -0.1) is 0 Å². The Morgan fingerprint density at radius 2 is 2.00 bits per heavy atom. The van der Waals surface area contributed by atoms with Gasteiger partial charge in [-0.05, 0) is 35.6 Å². The van der Waals surface area contributed by atoms with Crippen LogP contribution in [0.4, 0.5) is 5.82 Å². The first kappa shape index (κ1) is 15.2. The maximum absolute atomic E-state index is 4.77. The molecule has 108 valence electrons. The molecule has 2 rings (SSSR count). The molecule has 5 nitrogen and oxygen atoms in total. The maximum atomic E-state index is 4.77. The number of aromatic nitrogens is 4. The molecule has 20 heavy (non-hydrogen) atoms. The summed E-state index contributed by atoms with van der Waals surface area (Å²) in [6.45, 7) is 9.40. The Kier molecular flexibility index (Phi) is 4.31. The molecule has 0 fully saturated rings. The van der Waals surface area contributed by atoms with Gasteiger partial charge in [-0.2, -0.15) is 5.10 Å². The molecular weight excluding hydrogens is 365 g/mol. The van der Waals surface area contributed by atoms with E-state index in [0.29, 0.717) is 5.82 Å². The van der Waals surface area contributed by atoms with Gasteiger partial charge in [-0.3, -0.25) is 4.68 Å². The molecule has 2 aromatic rings. The topological polar surface area (TPSA) is 55.6 Å². The van der Waals surface area contributed by atoms with Crippen LogP contribution in [0.15, 0.2) is 12.3 Å². The van der Waals surface area contributed by atoms with Gasteiger partial charge in [-0.25, -0.2) is 9.97 Å². The molecule has 0 aliphatic heterocycles. The lowest BCUT2D eigenvalue weighted by Gasteiger charge is -2.22. The first-order valence-electron chi connectivity index (χ1n) is 6.65. The molecule has 2 heterocycles. The summed E-state index contributed by atoms with van der Waals surface area (Å²) in [5.41, 5.74) is 1.95. The summed E-state index contributed by atoms with van der Waals surface area (Å²) < 4.78 is 2.88. The van der Waals surface area contributed by atoms with Crippen LogP contribution in [0.5, 0.6) is 0 Å². The quantitative estimate of drug-likeness (QED) is 0.825. The van der Waals surface area contributed by atoms with Crippen molar-refractivity contribution in [3.63, 3.8) is 0 Å². The van der Waals surface area contributed by atoms with Crippen LogP contribution in [0.25, 0.3) is 11.5 Å². The number of nitrogens with one attached hydrogen (secondary N) is 1. The Balaban J connectivity index is 2.65. The molecule has 0 amide bonds. The molecule has 0 saturated heterocycles. The summed E-state index contributed by atoms with van der Waals surface area (Å²) in [6, 6.07) is 1.93. The number of aryl methyl sites for hydroxylation is 1. The average molecular weight is 385 g/mol. The third-order valence-corrected chi connectivity index (χ3v) is 3.98. The molecule has 0 aromatic carbocycles. The monoisotopic (exact) mass is 385 g/mol. The third-order valence-electron chi connectivity index (χ3n) is 2.96. The Morgan fingerprint density at radius 3 is 2.50 bits per heavy atom. The summed E-state index contributed by atoms with van der Waals surface area (Å²) in [7, 11) is 1.90. The van der Waals surface area contributed by atoms with Crippen molar-refractivity contribution in [3.8, 4) is 11.5 Å². The lowest BCUT2D eigenvalue weighted by atomic mass is 9.92. The van der Waals surface area contributed by atoms with E-state index in [-0.39, 0.29) is 5.41 Å². The Labute approximate surface area is 133 Å². The number of hydrogen-bond donors (Lipinski definition) is 1. The van der Waals surface area contributed by atoms with Crippen LogP contribution < -0.4 is 5.32 Å². The second kappa shape index (κ2) is 5.67. The molecule has 0 saturated carbocycles. The first-order chi connectivity index (χ1) is 9.34. The molecule has 6 heteroatoms. The second-order valence-corrected chi connectivity index (χ2v) is 6.76. The van der Waals surface area contributed by atoms with Crippen molar-refractivity contribution in [1.82, 2.24) is 19.7 Å². The van der Waals surface area contributed by atoms with Gasteiger partial charge in [0.2, 0.25) is 0 Å². The van der Waals surface area contributed by atoms with Gasteiger partial charge in [0.25, 0.3) is 0 Å². The molecule has 1 N–H and O–H groups in total. The van der Waals surface area contributed by atoms with E-state index in [1.54, 1.807) is 10.9 Å². The third kappa shape index (κ3) is 2.94. The Morgan fingerprint density at radius 1 is 1.30 bits per heavy atom. The minimum atomic E-state index is -0.0308. The van der Waals surface area contributed by atoms with E-state index >= 15 is 0 Å². The summed E-state index contributed by atoms with van der Waals surface area (Å²) in [5.74, 6) is 1.61. The first-order valence-corrected chi connectivity index (χ1v) is 7.72. The highest BCUT2D eigenvalue weighted by Gasteiger charge is 2.24. The lowest BCUT2D eigenvalue weighted by Crippen LogP contribution is -2.19. The summed E-state index contributed by atoms with van der Waals surface area (Å²) in [6.07, 6.45) is 1.76. The summed E-state index contributed by atoms with van der Waals surface area (Å²) in [5, 5.41) is 7.52. The SMILES string of the molecule is CCNc1nc(-c2ccnn2C)nc(C(C)(C)C)c1I. The van der Waals surface area contributed by atoms with Crippen LogP contribution in [0, 0.1) is 3.57 Å². The summed E-state index contributed by atoms with van der Waals surface area (Å²) >= 11 is 2.32. The smallest absolute Gasteiger partial charge is 0.180 e. The van der Waals surface area contributed by atoms with Crippen LogP contribution in [-0.4, -0.2) is 26.3 Å². The predicted molar refractivity (Wildman–Crippen MR) is 89.8 cm³/mol. The van der Waals surface area contributed by atoms with Gasteiger partial charge in [0.1, 0.15) is 11.5 Å². The van der Waals surface area contributed by atoms with Crippen molar-refractivity contribution in [1.29, 1.82) is 0 Å². The fourth-order valence-electron chi connectivity index (χ4n) is 1.94. The van der Waals surface area contributed by atoms with Crippen LogP contribution in [0.1, 0.15) is 33.4 Å². The molecule has 0 atom stereocenters. The zero-order chi connectivity index (χ0) is 14.9. The largest absolute Gasteiger partial charge is 0.369 e. The van der Waals surface area contributed by atoms with Crippen molar-refractivity contribution >= 4 is 28.4 Å². The van der Waals surface area contributed by atoms with Gasteiger partial charge in [-0.1, -0.05) is 20.8 Å². The molecular formula is C14H20IN5. The summed E-state index contributed by atoms with van der Waals surface area (Å²) in [4.78, 5) is 9.42. The van der Waals surface area contributed by atoms with Gasteiger partial charge in [0.05, 0.1) is 9.26 Å². The predicted octanol–water partition coefficient (Wildman–Crippen LogP) is 3.21. The van der Waals surface area contributed by atoms with Crippen LogP contribution in [-0.2, 0) is 12.5 Å². The van der Waals surface area contributed by atoms with Crippen molar-refractivity contribution in [2.24, 2.45) is 7.05 Å². The van der Waals surface area contributed by atoms with Crippen LogP contribution >= 0.6 is 22.6 Å². The van der Waals surface area contributed by atoms with Crippen molar-refractivity contribution in [2.75, 3.05) is 11.9 Å². The van der Waals surface area contributed by atoms with E-state index in [1.807, 2.05) is 13.1 Å². The van der Waals surface area contributed by atoms with Gasteiger partial charge in [0, 0.05) is 25.2 Å². The van der Waals surface area contributed by atoms with Crippen molar-refractivity contribution in [3.05, 3.63) is 21.5 Å². The molecule has 0 aliphatic carbocycles. The van der Waals surface area contributed by atoms with Crippen LogP contribution in [0.3, 0.4) is 0 Å². The van der Waals surface area contributed by atoms with Gasteiger partial charge >= 0.3 is 0 Å². The Hall–Kier alpha value is -1.18. The van der Waals surface area contributed by atoms with E-state index in [2.05, 4.69) is 65.7 Å². The zero-order valence-electron chi connectivity index (χ0n) is 12.5. The fraction of sp³-hybridized carbons (Fsp3) is 0.500. The number of halogens is 1. The molecule has 0 aliphatic rings. The van der Waals surface area contributed by atoms with E-state index in [9.17, 15) is 0 Å². The number of anilines is 1. The molecule has 0 bridgehead atoms. The minimum absolute atomic E-state index is 0.0308. The fourth-order valence-corrected chi connectivity index (χ4v) is 3.18. The molecule has 0 radical (unpaired) electrons. The normalized spacial score (nSPS) is 11.7. The highest BCUT2D eigenvalue weighted by Crippen LogP contribution is 2.31. The number of nitrogens with zero attached hydrogens (tertiary/aromatic N) is 4. The highest BCUT2D eigenvalue weighted by molar-refractivity contribution is 14.1. The number of rotatable bonds is 3. The molecule has 2 aromatic heterocycles. The molecule has 0 unspecified atom stereocenters. The Bertz CT molecular complexity index is 613. The van der Waals surface area contributed by atoms with E-state index < -0.39 is 0 Å². The lowest BCUT2D eigenvalue weighted by molar-refractivity contribution is 0.563. The van der Waals surface area contributed by atoms with Gasteiger partial charge in [0.15, 0.2) is 5.82 Å². The number of hydrogen-bond acceptors (Lipinski definition) is 4. The van der Waals surface area contributed by atoms with E-state index in [1.165, 1.54) is 0 Å². The zero-order valence-corrected chi connectivity index (χ0v) is 14.7. The average Bonchev–Trinajstić information content (AvgIpc) is 2.77. The minimum Gasteiger partial charge on any atom is -0.369 e. The van der Waals surface area contributed by atoms with Crippen molar-refractivity contribution < 1.29 is 0 Å². The van der Waals surface area contributed by atoms with Gasteiger partial charge < -0.3 is 5.32 Å². The highest BCUT2D eigenvalue weighted by atomic mass is 127. The van der Waals surface area contributed by atoms with E-state index in [0.717, 1.165) is 27.3 Å². The van der Waals surface area contributed by atoms with Crippen LogP contribution in [0.2, 0.25) is 0 Å². The second-order valence-electron chi connectivity index (χ2n) is 5.68. The van der Waals surface area contributed by atoms with E-state index in [4.69, 9.17) is 4.98 Å². The molecule has 0 spiro atoms.